The number of nitrogens with zero attached hydrogens (tertiary/aromatic N) is 3. The predicted molar refractivity (Wildman–Crippen MR) is 88.9 cm³/mol. The second-order valence-corrected chi connectivity index (χ2v) is 7.55. The minimum absolute atomic E-state index is 0.0150. The van der Waals surface area contributed by atoms with Gasteiger partial charge in [0.25, 0.3) is 5.56 Å². The lowest BCUT2D eigenvalue weighted by molar-refractivity contribution is 0.593. The van der Waals surface area contributed by atoms with E-state index >= 15 is 0 Å². The maximum atomic E-state index is 12.6. The van der Waals surface area contributed by atoms with Crippen LogP contribution in [0.25, 0.3) is 16.7 Å². The highest BCUT2D eigenvalue weighted by molar-refractivity contribution is 7.90. The van der Waals surface area contributed by atoms with Gasteiger partial charge >= 0.3 is 5.69 Å². The Morgan fingerprint density at radius 2 is 1.79 bits per heavy atom. The molecular formula is C13H8Cl2N4O4S. The normalized spacial score (nSPS) is 11.8. The molecule has 0 aliphatic rings. The summed E-state index contributed by atoms with van der Waals surface area (Å²) in [5.41, 5.74) is -1.81. The molecule has 0 bridgehead atoms. The molecule has 0 saturated carbocycles. The van der Waals surface area contributed by atoms with Crippen LogP contribution in [0, 0.1) is 0 Å². The summed E-state index contributed by atoms with van der Waals surface area (Å²) in [5, 5.41) is -0.386. The Balaban J connectivity index is 2.42. The third-order valence-electron chi connectivity index (χ3n) is 3.12. The fourth-order valence-electron chi connectivity index (χ4n) is 2.07. The highest BCUT2D eigenvalue weighted by atomic mass is 35.5. The molecule has 0 aliphatic carbocycles. The molecule has 11 heteroatoms. The third kappa shape index (κ3) is 2.70. The molecule has 2 aromatic heterocycles. The van der Waals surface area contributed by atoms with Crippen LogP contribution >= 0.6 is 23.2 Å². The van der Waals surface area contributed by atoms with Crippen molar-refractivity contribution in [1.29, 1.82) is 0 Å². The van der Waals surface area contributed by atoms with Crippen LogP contribution in [0.5, 0.6) is 0 Å². The molecule has 0 aliphatic heterocycles. The molecule has 3 rings (SSSR count). The summed E-state index contributed by atoms with van der Waals surface area (Å²) in [6, 6.07) is 4.51. The molecule has 3 aromatic rings. The number of para-hydroxylation sites is 1. The number of aromatic amines is 1. The highest BCUT2D eigenvalue weighted by Crippen LogP contribution is 2.26. The standard InChI is InChI=1S/C13H8Cl2N4O4S/c1-24(22,23)12-16-5-6-10(17-12)18-13(21)19(11(6)20)9-7(14)3-2-4-8(9)15/h2-5H,1H3,(H,16,17,18,21). The number of rotatable bonds is 2. The highest BCUT2D eigenvalue weighted by Gasteiger charge is 2.18. The molecule has 1 aromatic carbocycles. The fourth-order valence-corrected chi connectivity index (χ4v) is 3.14. The molecule has 0 fully saturated rings. The van der Waals surface area contributed by atoms with Gasteiger partial charge in [0, 0.05) is 12.5 Å². The van der Waals surface area contributed by atoms with E-state index in [1.165, 1.54) is 12.1 Å². The number of benzene rings is 1. The number of halogens is 2. The van der Waals surface area contributed by atoms with E-state index in [4.69, 9.17) is 23.2 Å². The monoisotopic (exact) mass is 386 g/mol. The number of hydrogen-bond acceptors (Lipinski definition) is 6. The molecule has 124 valence electrons. The number of sulfone groups is 1. The number of hydrogen-bond donors (Lipinski definition) is 1. The zero-order valence-electron chi connectivity index (χ0n) is 11.9. The van der Waals surface area contributed by atoms with Gasteiger partial charge in [-0.2, -0.15) is 4.98 Å². The Morgan fingerprint density at radius 1 is 1.17 bits per heavy atom. The van der Waals surface area contributed by atoms with Crippen LogP contribution < -0.4 is 11.2 Å². The zero-order valence-corrected chi connectivity index (χ0v) is 14.3. The molecule has 0 amide bonds. The zero-order chi connectivity index (χ0) is 17.6. The van der Waals surface area contributed by atoms with Gasteiger partial charge in [-0.3, -0.25) is 9.78 Å². The van der Waals surface area contributed by atoms with Gasteiger partial charge in [-0.05, 0) is 12.1 Å². The van der Waals surface area contributed by atoms with Crippen molar-refractivity contribution in [3.63, 3.8) is 0 Å². The fraction of sp³-hybridized carbons (Fsp3) is 0.0769. The van der Waals surface area contributed by atoms with E-state index in [1.54, 1.807) is 6.07 Å². The Hall–Kier alpha value is -2.23. The first-order chi connectivity index (χ1) is 11.2. The first kappa shape index (κ1) is 16.6. The SMILES string of the molecule is CS(=O)(=O)c1ncc2c(=O)n(-c3c(Cl)cccc3Cl)c(=O)[nH]c2n1. The number of H-pyrrole nitrogens is 1. The van der Waals surface area contributed by atoms with Gasteiger partial charge in [-0.25, -0.2) is 22.8 Å². The minimum Gasteiger partial charge on any atom is -0.291 e. The summed E-state index contributed by atoms with van der Waals surface area (Å²) in [6.45, 7) is 0. The van der Waals surface area contributed by atoms with Crippen LogP contribution in [0.4, 0.5) is 0 Å². The predicted octanol–water partition coefficient (Wildman–Crippen LogP) is 1.18. The molecular weight excluding hydrogens is 379 g/mol. The van der Waals surface area contributed by atoms with Crippen molar-refractivity contribution >= 4 is 44.1 Å². The van der Waals surface area contributed by atoms with E-state index in [0.717, 1.165) is 17.0 Å². The summed E-state index contributed by atoms with van der Waals surface area (Å²) < 4.78 is 23.7. The molecule has 0 atom stereocenters. The van der Waals surface area contributed by atoms with E-state index < -0.39 is 26.2 Å². The average molecular weight is 387 g/mol. The third-order valence-corrected chi connectivity index (χ3v) is 4.59. The molecule has 0 spiro atoms. The maximum absolute atomic E-state index is 12.6. The molecule has 24 heavy (non-hydrogen) atoms. The minimum atomic E-state index is -3.69. The molecule has 0 unspecified atom stereocenters. The van der Waals surface area contributed by atoms with Crippen LogP contribution in [0.3, 0.4) is 0 Å². The van der Waals surface area contributed by atoms with Gasteiger partial charge in [0.1, 0.15) is 5.39 Å². The molecule has 1 N–H and O–H groups in total. The van der Waals surface area contributed by atoms with Crippen molar-refractivity contribution in [2.45, 2.75) is 5.16 Å². The summed E-state index contributed by atoms with van der Waals surface area (Å²) in [6.07, 6.45) is 1.94. The summed E-state index contributed by atoms with van der Waals surface area (Å²) >= 11 is 12.1. The van der Waals surface area contributed by atoms with Crippen molar-refractivity contribution in [3.05, 3.63) is 55.3 Å². The lowest BCUT2D eigenvalue weighted by atomic mass is 10.3. The summed E-state index contributed by atoms with van der Waals surface area (Å²) in [7, 11) is -3.69. The van der Waals surface area contributed by atoms with Gasteiger partial charge in [0.05, 0.1) is 15.7 Å². The molecule has 8 nitrogen and oxygen atoms in total. The average Bonchev–Trinajstić information content (AvgIpc) is 2.48. The van der Waals surface area contributed by atoms with Crippen molar-refractivity contribution in [2.24, 2.45) is 0 Å². The van der Waals surface area contributed by atoms with E-state index in [1.807, 2.05) is 0 Å². The Bertz CT molecular complexity index is 1180. The Labute approximate surface area is 144 Å². The smallest absolute Gasteiger partial charge is 0.291 e. The Kier molecular flexibility index (Phi) is 3.94. The van der Waals surface area contributed by atoms with Gasteiger partial charge in [-0.15, -0.1) is 0 Å². The number of nitrogens with one attached hydrogen (secondary N) is 1. The van der Waals surface area contributed by atoms with Gasteiger partial charge in [0.15, 0.2) is 5.65 Å². The van der Waals surface area contributed by atoms with Crippen LogP contribution in [-0.2, 0) is 9.84 Å². The maximum Gasteiger partial charge on any atom is 0.334 e. The Morgan fingerprint density at radius 3 is 2.38 bits per heavy atom. The van der Waals surface area contributed by atoms with Crippen molar-refractivity contribution in [3.8, 4) is 5.69 Å². The van der Waals surface area contributed by atoms with E-state index in [-0.39, 0.29) is 26.8 Å². The lowest BCUT2D eigenvalue weighted by Gasteiger charge is -2.09. The first-order valence-corrected chi connectivity index (χ1v) is 9.01. The van der Waals surface area contributed by atoms with E-state index in [2.05, 4.69) is 15.0 Å². The molecule has 2 heterocycles. The van der Waals surface area contributed by atoms with Crippen molar-refractivity contribution < 1.29 is 8.42 Å². The first-order valence-electron chi connectivity index (χ1n) is 6.36. The van der Waals surface area contributed by atoms with Crippen LogP contribution in [0.15, 0.2) is 39.1 Å². The van der Waals surface area contributed by atoms with E-state index in [9.17, 15) is 18.0 Å². The number of aromatic nitrogens is 4. The quantitative estimate of drug-likeness (QED) is 0.661. The van der Waals surface area contributed by atoms with Gasteiger partial charge in [-0.1, -0.05) is 29.3 Å². The van der Waals surface area contributed by atoms with Crippen molar-refractivity contribution in [1.82, 2.24) is 19.5 Å². The largest absolute Gasteiger partial charge is 0.334 e. The van der Waals surface area contributed by atoms with Gasteiger partial charge < -0.3 is 0 Å². The van der Waals surface area contributed by atoms with Gasteiger partial charge in [0.2, 0.25) is 15.0 Å². The van der Waals surface area contributed by atoms with Crippen LogP contribution in [0.2, 0.25) is 10.0 Å². The molecule has 0 radical (unpaired) electrons. The summed E-state index contributed by atoms with van der Waals surface area (Å²) in [5.74, 6) is 0. The van der Waals surface area contributed by atoms with Crippen LogP contribution in [-0.4, -0.2) is 34.2 Å². The topological polar surface area (TPSA) is 115 Å². The number of fused-ring (bicyclic) bond motifs is 1. The van der Waals surface area contributed by atoms with E-state index in [0.29, 0.717) is 0 Å². The lowest BCUT2D eigenvalue weighted by Crippen LogP contribution is -2.34. The van der Waals surface area contributed by atoms with Crippen molar-refractivity contribution in [2.75, 3.05) is 6.26 Å². The summed E-state index contributed by atoms with van der Waals surface area (Å²) in [4.78, 5) is 34.6. The second-order valence-electron chi connectivity index (χ2n) is 4.83. The second kappa shape index (κ2) is 5.69. The van der Waals surface area contributed by atoms with Crippen LogP contribution in [0.1, 0.15) is 0 Å². The molecule has 0 saturated heterocycles.